The van der Waals surface area contributed by atoms with Gasteiger partial charge >= 0.3 is 0 Å². The monoisotopic (exact) mass is 408 g/mol. The second-order valence-corrected chi connectivity index (χ2v) is 9.23. The van der Waals surface area contributed by atoms with E-state index < -0.39 is 10.0 Å². The fourth-order valence-electron chi connectivity index (χ4n) is 2.43. The van der Waals surface area contributed by atoms with E-state index in [-0.39, 0.29) is 23.3 Å². The first-order chi connectivity index (χ1) is 12.6. The van der Waals surface area contributed by atoms with Gasteiger partial charge in [-0.25, -0.2) is 8.42 Å². The molecule has 1 N–H and O–H groups in total. The van der Waals surface area contributed by atoms with Gasteiger partial charge in [0, 0.05) is 11.6 Å². The van der Waals surface area contributed by atoms with Crippen LogP contribution in [0.5, 0.6) is 0 Å². The molecule has 0 fully saturated rings. The highest BCUT2D eigenvalue weighted by molar-refractivity contribution is 7.92. The number of hydrogen-bond donors (Lipinski definition) is 1. The van der Waals surface area contributed by atoms with Crippen LogP contribution in [-0.2, 0) is 14.8 Å². The first kappa shape index (κ1) is 21.3. The van der Waals surface area contributed by atoms with E-state index in [1.165, 1.54) is 24.3 Å². The van der Waals surface area contributed by atoms with Crippen molar-refractivity contribution in [3.8, 4) is 0 Å². The number of nitrogens with one attached hydrogen (secondary N) is 1. The standard InChI is InChI=1S/C20H25ClN2O3S/c1-14(2)12-22-20(24)13-23(18-8-5-15(3)16(4)11-18)27(25,26)19-9-6-17(21)7-10-19/h5-11,14H,12-13H2,1-4H3,(H,22,24). The normalized spacial score (nSPS) is 11.5. The van der Waals surface area contributed by atoms with E-state index in [0.717, 1.165) is 15.4 Å². The van der Waals surface area contributed by atoms with Gasteiger partial charge in [-0.15, -0.1) is 0 Å². The summed E-state index contributed by atoms with van der Waals surface area (Å²) in [5.74, 6) is -0.0728. The third-order valence-corrected chi connectivity index (χ3v) is 6.21. The molecule has 0 saturated carbocycles. The summed E-state index contributed by atoms with van der Waals surface area (Å²) in [4.78, 5) is 12.5. The van der Waals surface area contributed by atoms with Gasteiger partial charge in [0.25, 0.3) is 10.0 Å². The Balaban J connectivity index is 2.43. The second-order valence-electron chi connectivity index (χ2n) is 6.93. The predicted molar refractivity (Wildman–Crippen MR) is 110 cm³/mol. The number of carbonyl (C=O) groups is 1. The number of anilines is 1. The Morgan fingerprint density at radius 3 is 2.26 bits per heavy atom. The number of benzene rings is 2. The van der Waals surface area contributed by atoms with Gasteiger partial charge in [-0.2, -0.15) is 0 Å². The zero-order valence-corrected chi connectivity index (χ0v) is 17.6. The van der Waals surface area contributed by atoms with Gasteiger partial charge in [-0.3, -0.25) is 9.10 Å². The molecule has 0 atom stereocenters. The number of carbonyl (C=O) groups excluding carboxylic acids is 1. The molecule has 5 nitrogen and oxygen atoms in total. The van der Waals surface area contributed by atoms with Crippen molar-refractivity contribution in [2.45, 2.75) is 32.6 Å². The molecule has 0 heterocycles. The lowest BCUT2D eigenvalue weighted by Crippen LogP contribution is -2.41. The van der Waals surface area contributed by atoms with Crippen molar-refractivity contribution in [2.75, 3.05) is 17.4 Å². The van der Waals surface area contributed by atoms with Crippen molar-refractivity contribution in [1.29, 1.82) is 0 Å². The van der Waals surface area contributed by atoms with Crippen LogP contribution in [-0.4, -0.2) is 27.4 Å². The van der Waals surface area contributed by atoms with Crippen molar-refractivity contribution in [1.82, 2.24) is 5.32 Å². The van der Waals surface area contributed by atoms with Crippen LogP contribution < -0.4 is 9.62 Å². The highest BCUT2D eigenvalue weighted by atomic mass is 35.5. The van der Waals surface area contributed by atoms with Crippen molar-refractivity contribution in [3.63, 3.8) is 0 Å². The average Bonchev–Trinajstić information content (AvgIpc) is 2.60. The maximum absolute atomic E-state index is 13.2. The summed E-state index contributed by atoms with van der Waals surface area (Å²) in [5.41, 5.74) is 2.45. The summed E-state index contributed by atoms with van der Waals surface area (Å²) in [5, 5.41) is 3.22. The molecule has 0 aliphatic heterocycles. The van der Waals surface area contributed by atoms with Crippen LogP contribution in [0.4, 0.5) is 5.69 Å². The first-order valence-electron chi connectivity index (χ1n) is 8.73. The summed E-state index contributed by atoms with van der Waals surface area (Å²) >= 11 is 5.88. The van der Waals surface area contributed by atoms with Crippen LogP contribution in [0, 0.1) is 19.8 Å². The first-order valence-corrected chi connectivity index (χ1v) is 10.6. The largest absolute Gasteiger partial charge is 0.354 e. The minimum absolute atomic E-state index is 0.0850. The fraction of sp³-hybridized carbons (Fsp3) is 0.350. The lowest BCUT2D eigenvalue weighted by Gasteiger charge is -2.25. The molecule has 2 aromatic rings. The van der Waals surface area contributed by atoms with Gasteiger partial charge in [0.1, 0.15) is 6.54 Å². The number of nitrogens with zero attached hydrogens (tertiary/aromatic N) is 1. The van der Waals surface area contributed by atoms with Crippen LogP contribution in [0.15, 0.2) is 47.4 Å². The number of rotatable bonds is 7. The molecule has 0 radical (unpaired) electrons. The number of halogens is 1. The molecule has 0 aromatic heterocycles. The molecule has 0 saturated heterocycles. The van der Waals surface area contributed by atoms with Gasteiger partial charge in [-0.1, -0.05) is 31.5 Å². The molecule has 2 aromatic carbocycles. The molecule has 7 heteroatoms. The molecule has 146 valence electrons. The molecule has 0 aliphatic rings. The van der Waals surface area contributed by atoms with Crippen molar-refractivity contribution in [3.05, 3.63) is 58.6 Å². The lowest BCUT2D eigenvalue weighted by molar-refractivity contribution is -0.119. The number of amides is 1. The summed E-state index contributed by atoms with van der Waals surface area (Å²) in [6, 6.07) is 11.3. The van der Waals surface area contributed by atoms with Gasteiger partial charge in [0.05, 0.1) is 10.6 Å². The quantitative estimate of drug-likeness (QED) is 0.754. The van der Waals surface area contributed by atoms with E-state index in [2.05, 4.69) is 5.32 Å². The maximum Gasteiger partial charge on any atom is 0.264 e. The minimum atomic E-state index is -3.92. The molecule has 0 bridgehead atoms. The Hall–Kier alpha value is -2.05. The second kappa shape index (κ2) is 8.76. The SMILES string of the molecule is Cc1ccc(N(CC(=O)NCC(C)C)S(=O)(=O)c2ccc(Cl)cc2)cc1C. The summed E-state index contributed by atoms with van der Waals surface area (Å²) in [7, 11) is -3.92. The van der Waals surface area contributed by atoms with Gasteiger partial charge < -0.3 is 5.32 Å². The number of aryl methyl sites for hydroxylation is 2. The summed E-state index contributed by atoms with van der Waals surface area (Å²) in [6.07, 6.45) is 0. The van der Waals surface area contributed by atoms with E-state index in [1.54, 1.807) is 12.1 Å². The summed E-state index contributed by atoms with van der Waals surface area (Å²) < 4.78 is 27.6. The van der Waals surface area contributed by atoms with E-state index in [1.807, 2.05) is 33.8 Å². The van der Waals surface area contributed by atoms with Crippen LogP contribution in [0.2, 0.25) is 5.02 Å². The van der Waals surface area contributed by atoms with E-state index in [4.69, 9.17) is 11.6 Å². The Morgan fingerprint density at radius 1 is 1.07 bits per heavy atom. The van der Waals surface area contributed by atoms with Crippen LogP contribution in [0.25, 0.3) is 0 Å². The smallest absolute Gasteiger partial charge is 0.264 e. The highest BCUT2D eigenvalue weighted by Gasteiger charge is 2.27. The summed E-state index contributed by atoms with van der Waals surface area (Å²) in [6.45, 7) is 8.01. The Bertz CT molecular complexity index is 909. The Kier molecular flexibility index (Phi) is 6.89. The zero-order valence-electron chi connectivity index (χ0n) is 16.0. The van der Waals surface area contributed by atoms with Crippen molar-refractivity contribution in [2.24, 2.45) is 5.92 Å². The Morgan fingerprint density at radius 2 is 1.70 bits per heavy atom. The third-order valence-electron chi connectivity index (χ3n) is 4.17. The van der Waals surface area contributed by atoms with Gasteiger partial charge in [-0.05, 0) is 67.3 Å². The minimum Gasteiger partial charge on any atom is -0.354 e. The van der Waals surface area contributed by atoms with E-state index >= 15 is 0 Å². The number of sulfonamides is 1. The molecule has 0 spiro atoms. The molecule has 0 unspecified atom stereocenters. The molecular weight excluding hydrogens is 384 g/mol. The average molecular weight is 409 g/mol. The van der Waals surface area contributed by atoms with Gasteiger partial charge in [0.2, 0.25) is 5.91 Å². The van der Waals surface area contributed by atoms with Crippen LogP contribution >= 0.6 is 11.6 Å². The van der Waals surface area contributed by atoms with Crippen LogP contribution in [0.1, 0.15) is 25.0 Å². The predicted octanol–water partition coefficient (Wildman–Crippen LogP) is 3.92. The number of hydrogen-bond acceptors (Lipinski definition) is 3. The Labute approximate surface area is 166 Å². The lowest BCUT2D eigenvalue weighted by atomic mass is 10.1. The topological polar surface area (TPSA) is 66.5 Å². The van der Waals surface area contributed by atoms with Gasteiger partial charge in [0.15, 0.2) is 0 Å². The van der Waals surface area contributed by atoms with E-state index in [0.29, 0.717) is 17.3 Å². The molecule has 27 heavy (non-hydrogen) atoms. The van der Waals surface area contributed by atoms with Crippen LogP contribution in [0.3, 0.4) is 0 Å². The zero-order chi connectivity index (χ0) is 20.2. The highest BCUT2D eigenvalue weighted by Crippen LogP contribution is 2.26. The molecule has 1 amide bonds. The molecular formula is C20H25ClN2O3S. The van der Waals surface area contributed by atoms with E-state index in [9.17, 15) is 13.2 Å². The maximum atomic E-state index is 13.2. The van der Waals surface area contributed by atoms with Crippen molar-refractivity contribution >= 4 is 33.2 Å². The van der Waals surface area contributed by atoms with Crippen molar-refractivity contribution < 1.29 is 13.2 Å². The molecule has 0 aliphatic carbocycles. The fourth-order valence-corrected chi connectivity index (χ4v) is 3.97. The third kappa shape index (κ3) is 5.47. The molecule has 2 rings (SSSR count).